The molecule has 1 aromatic rings. The molecule has 6 heteroatoms. The van der Waals surface area contributed by atoms with E-state index >= 15 is 0 Å². The standard InChI is InChI=1S/C14H13N3OS2/c1-9-7-10(11(19-3)8-20-9)13(15-2)14(18)17-12-5-4-6-16-12/h4-8,16H,1,3H3,(H,17,18)/b13-10-. The average Bonchev–Trinajstić information content (AvgIpc) is 2.93. The SMILES string of the molecule is [C-]#[N+]/C(C(=O)Nc1ccc[nH]1)=C1/C=C(C)SC=C1SC. The van der Waals surface area contributed by atoms with Crippen molar-refractivity contribution in [2.75, 3.05) is 11.6 Å². The van der Waals surface area contributed by atoms with Gasteiger partial charge in [0, 0.05) is 16.7 Å². The van der Waals surface area contributed by atoms with Crippen LogP contribution in [0.2, 0.25) is 0 Å². The van der Waals surface area contributed by atoms with E-state index in [4.69, 9.17) is 6.57 Å². The van der Waals surface area contributed by atoms with Crippen LogP contribution in [0.4, 0.5) is 5.82 Å². The third-order valence-electron chi connectivity index (χ3n) is 2.61. The third kappa shape index (κ3) is 3.18. The molecule has 0 aliphatic carbocycles. The minimum Gasteiger partial charge on any atom is -0.348 e. The van der Waals surface area contributed by atoms with Crippen LogP contribution in [0, 0.1) is 6.57 Å². The van der Waals surface area contributed by atoms with Gasteiger partial charge in [0.05, 0.1) is 6.57 Å². The number of hydrogen-bond acceptors (Lipinski definition) is 3. The summed E-state index contributed by atoms with van der Waals surface area (Å²) in [5, 5.41) is 4.67. The van der Waals surface area contributed by atoms with Gasteiger partial charge in [-0.15, -0.1) is 23.5 Å². The van der Waals surface area contributed by atoms with Gasteiger partial charge in [0.1, 0.15) is 5.82 Å². The molecule has 1 aliphatic rings. The number of H-pyrrole nitrogens is 1. The van der Waals surface area contributed by atoms with Gasteiger partial charge in [-0.25, -0.2) is 4.85 Å². The topological polar surface area (TPSA) is 49.2 Å². The van der Waals surface area contributed by atoms with Crippen LogP contribution >= 0.6 is 23.5 Å². The average molecular weight is 303 g/mol. The summed E-state index contributed by atoms with van der Waals surface area (Å²) in [7, 11) is 0. The van der Waals surface area contributed by atoms with Gasteiger partial charge in [-0.3, -0.25) is 4.79 Å². The molecule has 0 unspecified atom stereocenters. The van der Waals surface area contributed by atoms with Gasteiger partial charge >= 0.3 is 0 Å². The number of hydrogen-bond donors (Lipinski definition) is 2. The maximum Gasteiger partial charge on any atom is 0.258 e. The number of rotatable bonds is 3. The molecule has 0 bridgehead atoms. The Hall–Kier alpha value is -1.84. The van der Waals surface area contributed by atoms with Crippen molar-refractivity contribution in [2.45, 2.75) is 6.92 Å². The zero-order valence-corrected chi connectivity index (χ0v) is 12.7. The highest BCUT2D eigenvalue weighted by Crippen LogP contribution is 2.37. The molecule has 0 atom stereocenters. The molecule has 4 nitrogen and oxygen atoms in total. The second-order valence-electron chi connectivity index (χ2n) is 3.97. The number of nitrogens with one attached hydrogen (secondary N) is 2. The minimum atomic E-state index is -0.395. The van der Waals surface area contributed by atoms with Crippen LogP contribution in [0.15, 0.2) is 50.9 Å². The minimum absolute atomic E-state index is 0.111. The van der Waals surface area contributed by atoms with Gasteiger partial charge in [-0.05, 0) is 35.6 Å². The number of allylic oxidation sites excluding steroid dienone is 3. The fraction of sp³-hybridized carbons (Fsp3) is 0.143. The van der Waals surface area contributed by atoms with Gasteiger partial charge < -0.3 is 10.3 Å². The summed E-state index contributed by atoms with van der Waals surface area (Å²) in [4.78, 5) is 20.5. The van der Waals surface area contributed by atoms with Crippen LogP contribution < -0.4 is 5.32 Å². The Labute approximate surface area is 126 Å². The second kappa shape index (κ2) is 6.55. The van der Waals surface area contributed by atoms with E-state index < -0.39 is 5.91 Å². The second-order valence-corrected chi connectivity index (χ2v) is 5.93. The number of carbonyl (C=O) groups excluding carboxylic acids is 1. The lowest BCUT2D eigenvalue weighted by Gasteiger charge is -2.14. The van der Waals surface area contributed by atoms with Crippen molar-refractivity contribution < 1.29 is 4.79 Å². The van der Waals surface area contributed by atoms with Crippen LogP contribution in [-0.4, -0.2) is 17.1 Å². The largest absolute Gasteiger partial charge is 0.348 e. The van der Waals surface area contributed by atoms with E-state index in [-0.39, 0.29) is 5.70 Å². The number of carbonyl (C=O) groups is 1. The lowest BCUT2D eigenvalue weighted by atomic mass is 10.1. The van der Waals surface area contributed by atoms with Crippen molar-refractivity contribution in [3.05, 3.63) is 62.3 Å². The summed E-state index contributed by atoms with van der Waals surface area (Å²) in [5.41, 5.74) is 0.799. The summed E-state index contributed by atoms with van der Waals surface area (Å²) in [5.74, 6) is 0.186. The first kappa shape index (κ1) is 14.6. The van der Waals surface area contributed by atoms with E-state index in [1.165, 1.54) is 11.8 Å². The monoisotopic (exact) mass is 303 g/mol. The molecule has 1 aromatic heterocycles. The van der Waals surface area contributed by atoms with E-state index in [0.717, 1.165) is 9.81 Å². The molecule has 1 amide bonds. The molecule has 2 N–H and O–H groups in total. The molecule has 2 heterocycles. The highest BCUT2D eigenvalue weighted by Gasteiger charge is 2.20. The van der Waals surface area contributed by atoms with Crippen molar-refractivity contribution in [2.24, 2.45) is 0 Å². The summed E-state index contributed by atoms with van der Waals surface area (Å²) in [6.45, 7) is 9.27. The van der Waals surface area contributed by atoms with Crippen LogP contribution in [-0.2, 0) is 4.79 Å². The van der Waals surface area contributed by atoms with Crippen LogP contribution in [0.25, 0.3) is 4.85 Å². The Balaban J connectivity index is 2.36. The first-order chi connectivity index (χ1) is 9.65. The van der Waals surface area contributed by atoms with Crippen LogP contribution in [0.5, 0.6) is 0 Å². The summed E-state index contributed by atoms with van der Waals surface area (Å²) in [6, 6.07) is 3.53. The van der Waals surface area contributed by atoms with E-state index in [0.29, 0.717) is 11.4 Å². The Bertz CT molecular complexity index is 648. The molecule has 1 aliphatic heterocycles. The molecule has 0 saturated heterocycles. The molecule has 0 aromatic carbocycles. The molecular formula is C14H13N3OS2. The molecule has 20 heavy (non-hydrogen) atoms. The van der Waals surface area contributed by atoms with E-state index in [9.17, 15) is 4.79 Å². The van der Waals surface area contributed by atoms with Crippen molar-refractivity contribution in [3.63, 3.8) is 0 Å². The van der Waals surface area contributed by atoms with E-state index in [1.54, 1.807) is 30.1 Å². The van der Waals surface area contributed by atoms with Gasteiger partial charge in [-0.2, -0.15) is 0 Å². The van der Waals surface area contributed by atoms with Crippen molar-refractivity contribution >= 4 is 35.2 Å². The Morgan fingerprint density at radius 2 is 2.35 bits per heavy atom. The maximum absolute atomic E-state index is 12.2. The third-order valence-corrected chi connectivity index (χ3v) is 4.38. The Kier molecular flexibility index (Phi) is 4.77. The first-order valence-corrected chi connectivity index (χ1v) is 7.92. The highest BCUT2D eigenvalue weighted by molar-refractivity contribution is 8.08. The molecule has 0 radical (unpaired) electrons. The summed E-state index contributed by atoms with van der Waals surface area (Å²) < 4.78 is 0. The molecule has 2 rings (SSSR count). The highest BCUT2D eigenvalue weighted by atomic mass is 32.2. The molecule has 0 fully saturated rings. The van der Waals surface area contributed by atoms with Gasteiger partial charge in [0.25, 0.3) is 11.6 Å². The zero-order chi connectivity index (χ0) is 14.5. The molecular weight excluding hydrogens is 290 g/mol. The van der Waals surface area contributed by atoms with Crippen molar-refractivity contribution in [3.8, 4) is 0 Å². The number of aromatic amines is 1. The number of anilines is 1. The Morgan fingerprint density at radius 1 is 1.55 bits per heavy atom. The van der Waals surface area contributed by atoms with Crippen molar-refractivity contribution in [1.29, 1.82) is 0 Å². The summed E-state index contributed by atoms with van der Waals surface area (Å²) in [6.07, 6.45) is 5.54. The predicted octanol–water partition coefficient (Wildman–Crippen LogP) is 3.98. The van der Waals surface area contributed by atoms with Crippen LogP contribution in [0.3, 0.4) is 0 Å². The molecule has 0 spiro atoms. The zero-order valence-electron chi connectivity index (χ0n) is 11.1. The maximum atomic E-state index is 12.2. The number of aromatic nitrogens is 1. The predicted molar refractivity (Wildman–Crippen MR) is 86.0 cm³/mol. The fourth-order valence-corrected chi connectivity index (χ4v) is 3.19. The fourth-order valence-electron chi connectivity index (χ4n) is 1.68. The number of nitrogens with zero attached hydrogens (tertiary/aromatic N) is 1. The van der Waals surface area contributed by atoms with Crippen LogP contribution in [0.1, 0.15) is 6.92 Å². The smallest absolute Gasteiger partial charge is 0.258 e. The first-order valence-electron chi connectivity index (χ1n) is 5.81. The van der Waals surface area contributed by atoms with E-state index in [2.05, 4.69) is 15.1 Å². The number of thioether (sulfide) groups is 2. The Morgan fingerprint density at radius 3 is 2.95 bits per heavy atom. The normalized spacial score (nSPS) is 16.9. The van der Waals surface area contributed by atoms with E-state index in [1.807, 2.05) is 24.7 Å². The molecule has 102 valence electrons. The lowest BCUT2D eigenvalue weighted by molar-refractivity contribution is -0.112. The lowest BCUT2D eigenvalue weighted by Crippen LogP contribution is -2.15. The number of amides is 1. The van der Waals surface area contributed by atoms with Crippen molar-refractivity contribution in [1.82, 2.24) is 4.98 Å². The quantitative estimate of drug-likeness (QED) is 0.656. The van der Waals surface area contributed by atoms with Gasteiger partial charge in [-0.1, -0.05) is 6.08 Å². The molecule has 0 saturated carbocycles. The van der Waals surface area contributed by atoms with Gasteiger partial charge in [0.15, 0.2) is 0 Å². The summed E-state index contributed by atoms with van der Waals surface area (Å²) >= 11 is 3.13. The van der Waals surface area contributed by atoms with Gasteiger partial charge in [0.2, 0.25) is 0 Å².